The van der Waals surface area contributed by atoms with Gasteiger partial charge in [0, 0.05) is 67.8 Å². The van der Waals surface area contributed by atoms with E-state index in [2.05, 4.69) is 72.6 Å². The number of amides is 4. The summed E-state index contributed by atoms with van der Waals surface area (Å²) < 4.78 is 0. The van der Waals surface area contributed by atoms with E-state index >= 15 is 0 Å². The number of aromatic nitrogens is 6. The zero-order valence-corrected chi connectivity index (χ0v) is 54.7. The number of benzene rings is 9. The van der Waals surface area contributed by atoms with E-state index in [1.165, 1.54) is 0 Å². The summed E-state index contributed by atoms with van der Waals surface area (Å²) in [5.41, 5.74) is 8.05. The van der Waals surface area contributed by atoms with Gasteiger partial charge >= 0.3 is 17.6 Å². The van der Waals surface area contributed by atoms with Gasteiger partial charge in [-0.05, 0) is 83.4 Å². The minimum Gasteiger partial charge on any atom is -0.494 e. The molecule has 0 saturated heterocycles. The summed E-state index contributed by atoms with van der Waals surface area (Å²) in [6.07, 6.45) is 0. The Bertz CT molecular complexity index is 6170. The number of rotatable bonds is 8. The number of hydrogen-bond donors (Lipinski definition) is 11. The first-order valence-corrected chi connectivity index (χ1v) is 32.3. The molecule has 13 aromatic rings. The lowest BCUT2D eigenvalue weighted by Gasteiger charge is -2.14. The Hall–Kier alpha value is -15.3. The van der Waals surface area contributed by atoms with Gasteiger partial charge in [-0.1, -0.05) is 164 Å². The van der Waals surface area contributed by atoms with E-state index in [9.17, 15) is 53.1 Å². The van der Waals surface area contributed by atoms with Crippen LogP contribution >= 0.6 is 0 Å². The number of nitrogens with one attached hydrogen (secondary N) is 10. The fourth-order valence-corrected chi connectivity index (χ4v) is 12.3. The number of anilines is 1. The van der Waals surface area contributed by atoms with Gasteiger partial charge in [0.2, 0.25) is 5.88 Å². The minimum atomic E-state index is -1.01. The predicted octanol–water partition coefficient (Wildman–Crippen LogP) is 7.99. The van der Waals surface area contributed by atoms with Crippen LogP contribution in [0.5, 0.6) is 5.88 Å². The second-order valence-electron chi connectivity index (χ2n) is 23.9. The fourth-order valence-electron chi connectivity index (χ4n) is 12.3. The second kappa shape index (κ2) is 28.5. The van der Waals surface area contributed by atoms with Gasteiger partial charge in [-0.25, -0.2) is 26.3 Å². The number of carbonyl (C=O) groups is 4. The molecule has 25 nitrogen and oxygen atoms in total. The molecule has 9 aromatic carbocycles. The molecule has 510 valence electrons. The Morgan fingerprint density at radius 3 is 1.43 bits per heavy atom. The Balaban J connectivity index is 0.000000118. The molecule has 4 amide bonds. The average molecular weight is 1390 g/mol. The van der Waals surface area contributed by atoms with Gasteiger partial charge in [0.1, 0.15) is 34.0 Å². The minimum absolute atomic E-state index is 0.0214. The van der Waals surface area contributed by atoms with Gasteiger partial charge in [-0.15, -0.1) is 0 Å². The zero-order chi connectivity index (χ0) is 73.0. The van der Waals surface area contributed by atoms with Crippen LogP contribution in [0.15, 0.2) is 280 Å². The molecule has 0 spiro atoms. The van der Waals surface area contributed by atoms with E-state index in [1.54, 1.807) is 109 Å². The molecule has 8 heterocycles. The van der Waals surface area contributed by atoms with Crippen LogP contribution in [-0.2, 0) is 4.79 Å². The maximum atomic E-state index is 12.7. The third-order valence-electron chi connectivity index (χ3n) is 17.2. The van der Waals surface area contributed by atoms with Gasteiger partial charge in [-0.3, -0.25) is 53.1 Å². The van der Waals surface area contributed by atoms with Gasteiger partial charge in [-0.2, -0.15) is 0 Å². The number of aliphatic imine (C=N–C) groups is 3. The molecule has 0 saturated carbocycles. The number of amidine groups is 2. The molecule has 105 heavy (non-hydrogen) atoms. The largest absolute Gasteiger partial charge is 0.494 e. The summed E-state index contributed by atoms with van der Waals surface area (Å²) in [5, 5.41) is 21.9. The first-order chi connectivity index (χ1) is 50.9. The van der Waals surface area contributed by atoms with Crippen molar-refractivity contribution in [1.82, 2.24) is 45.9 Å². The lowest BCUT2D eigenvalue weighted by Crippen LogP contribution is -2.48. The third kappa shape index (κ3) is 13.7. The molecule has 17 rings (SSSR count). The van der Waals surface area contributed by atoms with E-state index in [0.29, 0.717) is 83.9 Å². The molecule has 25 heteroatoms. The molecule has 0 aliphatic carbocycles. The SMILES string of the molecule is C=c1[nH]c(=O)c(=C2N=C(c3c(O)[nH]c(=O)[nH]c3=O)c3ccccc32)c(=O)[nH]1.O=C1NC(=Nc2ccc(N=C3NC(=O)c4ccccc43)cc2)c2ccccc21.O=c1cc(-c2ccccc2)[nH]c2cc3c(=O)cc(-c4ccccc4)[nH]c3cc12.[C-]#[N+]C(C(=O)Nc1ccccc1)C1NC(=O)c2ccccc21. The molecule has 4 aliphatic heterocycles. The first kappa shape index (κ1) is 66.9. The summed E-state index contributed by atoms with van der Waals surface area (Å²) in [7, 11) is 0. The maximum absolute atomic E-state index is 12.7. The monoisotopic (exact) mass is 1390 g/mol. The van der Waals surface area contributed by atoms with E-state index in [4.69, 9.17) is 6.57 Å². The predicted molar refractivity (Wildman–Crippen MR) is 399 cm³/mol. The smallest absolute Gasteiger partial charge is 0.328 e. The second-order valence-corrected chi connectivity index (χ2v) is 23.9. The van der Waals surface area contributed by atoms with Crippen LogP contribution in [0.25, 0.3) is 61.4 Å². The maximum Gasteiger partial charge on any atom is 0.328 e. The van der Waals surface area contributed by atoms with Crippen molar-refractivity contribution < 1.29 is 24.3 Å². The lowest BCUT2D eigenvalue weighted by atomic mass is 9.98. The summed E-state index contributed by atoms with van der Waals surface area (Å²) in [4.78, 5) is 154. The third-order valence-corrected chi connectivity index (χ3v) is 17.2. The molecule has 0 fully saturated rings. The van der Waals surface area contributed by atoms with Gasteiger partial charge in [0.15, 0.2) is 10.9 Å². The number of nitrogens with zero attached hydrogens (tertiary/aromatic N) is 4. The topological polar surface area (TPSA) is 375 Å². The summed E-state index contributed by atoms with van der Waals surface area (Å²) in [6, 6.07) is 68.9. The quantitative estimate of drug-likeness (QED) is 0.0511. The number of aromatic amines is 6. The van der Waals surface area contributed by atoms with E-state index in [-0.39, 0.29) is 56.2 Å². The van der Waals surface area contributed by atoms with Crippen molar-refractivity contribution in [2.24, 2.45) is 15.0 Å². The van der Waals surface area contributed by atoms with Crippen molar-refractivity contribution in [3.05, 3.63) is 371 Å². The van der Waals surface area contributed by atoms with Crippen molar-refractivity contribution >= 4 is 92.2 Å². The number of para-hydroxylation sites is 1. The molecular formula is C80H54N14O11. The molecule has 4 aliphatic rings. The van der Waals surface area contributed by atoms with Crippen molar-refractivity contribution in [3.8, 4) is 28.4 Å². The number of hydrogen-bond acceptors (Lipinski definition) is 14. The molecule has 2 unspecified atom stereocenters. The number of aromatic hydroxyl groups is 1. The van der Waals surface area contributed by atoms with Crippen molar-refractivity contribution in [3.63, 3.8) is 0 Å². The Morgan fingerprint density at radius 2 is 0.933 bits per heavy atom. The molecule has 4 aromatic heterocycles. The Kier molecular flexibility index (Phi) is 18.2. The number of pyridine rings is 2. The van der Waals surface area contributed by atoms with Gasteiger partial charge in [0.25, 0.3) is 34.4 Å². The van der Waals surface area contributed by atoms with Crippen LogP contribution in [0.2, 0.25) is 0 Å². The number of carbonyl (C=O) groups excluding carboxylic acids is 4. The van der Waals surface area contributed by atoms with Crippen LogP contribution in [0, 0.1) is 6.57 Å². The zero-order valence-electron chi connectivity index (χ0n) is 54.7. The Labute approximate surface area is 591 Å². The van der Waals surface area contributed by atoms with Crippen LogP contribution in [-0.4, -0.2) is 82.1 Å². The van der Waals surface area contributed by atoms with Crippen LogP contribution in [0.1, 0.15) is 70.5 Å². The van der Waals surface area contributed by atoms with E-state index in [1.807, 2.05) is 132 Å². The lowest BCUT2D eigenvalue weighted by molar-refractivity contribution is -0.117. The molecule has 0 bridgehead atoms. The van der Waals surface area contributed by atoms with E-state index < -0.39 is 46.2 Å². The number of H-pyrrole nitrogens is 6. The summed E-state index contributed by atoms with van der Waals surface area (Å²) >= 11 is 0. The van der Waals surface area contributed by atoms with Crippen LogP contribution in [0.3, 0.4) is 0 Å². The van der Waals surface area contributed by atoms with Gasteiger partial charge < -0.3 is 51.2 Å². The Morgan fingerprint density at radius 1 is 0.486 bits per heavy atom. The first-order valence-electron chi connectivity index (χ1n) is 32.3. The van der Waals surface area contributed by atoms with Crippen molar-refractivity contribution in [1.29, 1.82) is 0 Å². The van der Waals surface area contributed by atoms with Crippen molar-refractivity contribution in [2.45, 2.75) is 12.1 Å². The summed E-state index contributed by atoms with van der Waals surface area (Å²) in [6.45, 7) is 10.8. The summed E-state index contributed by atoms with van der Waals surface area (Å²) in [5.74, 6) is -0.561. The fraction of sp³-hybridized carbons (Fsp3) is 0.0250. The molecule has 11 N–H and O–H groups in total. The molecule has 2 atom stereocenters. The van der Waals surface area contributed by atoms with Crippen LogP contribution in [0.4, 0.5) is 17.1 Å². The molecular weight excluding hydrogens is 1330 g/mol. The highest BCUT2D eigenvalue weighted by molar-refractivity contribution is 6.25. The number of fused-ring (bicyclic) bond motifs is 6. The van der Waals surface area contributed by atoms with E-state index in [0.717, 1.165) is 33.6 Å². The van der Waals surface area contributed by atoms with Crippen LogP contribution < -0.4 is 65.2 Å². The highest BCUT2D eigenvalue weighted by Crippen LogP contribution is 2.33. The molecule has 0 radical (unpaired) electrons. The average Bonchev–Trinajstić information content (AvgIpc) is 1.66. The highest BCUT2D eigenvalue weighted by Gasteiger charge is 2.42. The van der Waals surface area contributed by atoms with Gasteiger partial charge in [0.05, 0.1) is 44.9 Å². The van der Waals surface area contributed by atoms with Crippen molar-refractivity contribution in [2.75, 3.05) is 5.32 Å². The highest BCUT2D eigenvalue weighted by atomic mass is 16.3. The standard InChI is InChI=1S/C24H16N2O2.C22H14N4O2.C17H11N5O5.C17H13N3O2/c27-23-13-19(15-7-3-1-4-8-15)25-21-11-18-22(12-17(21)23)26-20(14-24(18)28)16-9-5-2-6-10-16;27-21-17-7-3-1-5-15(17)19(25-21)23-13-9-11-14(12-10-13)24-20-16-6-2-4-8-18(16)22(28)26-20;1-6-18-13(23)9(14(24)19-6)11-7-4-2-3-5-8(7)12(20-11)10-15(25)21-17(27)22-16(10)26;1-18-15(17(22)19-11-7-3-2-4-8-11)14-12-9-5-6-10-13(12)16(21)20-14/h1-14H,(H,25,27)(H,26,28);1-12H,(H,23,25,27)(H,24,26,28);2-5H,1H2,(H,18,23)(H,19,24)(H3,21,22,25,26,27);2-10,14-15H,(H,19,22)(H,20,21). The normalized spacial score (nSPS) is 14.5.